The van der Waals surface area contributed by atoms with Gasteiger partial charge in [-0.2, -0.15) is 8.78 Å². The summed E-state index contributed by atoms with van der Waals surface area (Å²) >= 11 is 0. The van der Waals surface area contributed by atoms with Gasteiger partial charge >= 0.3 is 6.61 Å². The molecule has 3 rings (SSSR count). The number of rotatable bonds is 2. The van der Waals surface area contributed by atoms with Gasteiger partial charge in [-0.05, 0) is 18.6 Å². The number of allylic oxidation sites excluding steroid dienone is 1. The number of benzene rings is 1. The van der Waals surface area contributed by atoms with E-state index >= 15 is 0 Å². The van der Waals surface area contributed by atoms with Gasteiger partial charge in [0.2, 0.25) is 5.70 Å². The lowest BCUT2D eigenvalue weighted by Gasteiger charge is -2.24. The zero-order valence-electron chi connectivity index (χ0n) is 11.6. The van der Waals surface area contributed by atoms with Crippen LogP contribution in [0.4, 0.5) is 8.78 Å². The fourth-order valence-electron chi connectivity index (χ4n) is 3.15. The molecule has 1 aromatic rings. The first kappa shape index (κ1) is 14.3. The Morgan fingerprint density at radius 1 is 1.50 bits per heavy atom. The topological polar surface area (TPSA) is 54.1 Å². The number of fused-ring (bicyclic) bond motifs is 4. The predicted octanol–water partition coefficient (Wildman–Crippen LogP) is 2.92. The molecule has 0 saturated heterocycles. The maximum Gasteiger partial charge on any atom is 0.387 e. The summed E-state index contributed by atoms with van der Waals surface area (Å²) in [5.41, 5.74) is 0.551. The summed E-state index contributed by atoms with van der Waals surface area (Å²) < 4.78 is 29.8. The molecule has 1 aromatic carbocycles. The minimum absolute atomic E-state index is 0.0796. The molecule has 0 aromatic heterocycles. The summed E-state index contributed by atoms with van der Waals surface area (Å²) in [4.78, 5) is 17.1. The first-order valence-corrected chi connectivity index (χ1v) is 6.61. The number of amides is 1. The molecule has 5 nitrogen and oxygen atoms in total. The van der Waals surface area contributed by atoms with Gasteiger partial charge in [0, 0.05) is 24.1 Å². The molecule has 0 unspecified atom stereocenters. The molecular weight excluding hydrogens is 294 g/mol. The Bertz CT molecular complexity index is 724. The fraction of sp³-hybridized carbons (Fsp3) is 0.333. The van der Waals surface area contributed by atoms with Crippen LogP contribution in [0.3, 0.4) is 0 Å². The number of hydrogen-bond acceptors (Lipinski definition) is 3. The quantitative estimate of drug-likeness (QED) is 0.855. The molecule has 2 atom stereocenters. The van der Waals surface area contributed by atoms with Crippen molar-refractivity contribution in [2.75, 3.05) is 7.05 Å². The molecule has 1 N–H and O–H groups in total. The predicted molar refractivity (Wildman–Crippen MR) is 72.6 cm³/mol. The molecule has 1 amide bonds. The average Bonchev–Trinajstić information content (AvgIpc) is 2.75. The molecule has 0 saturated carbocycles. The lowest BCUT2D eigenvalue weighted by molar-refractivity contribution is -0.0505. The van der Waals surface area contributed by atoms with Gasteiger partial charge in [-0.25, -0.2) is 4.85 Å². The Morgan fingerprint density at radius 3 is 2.86 bits per heavy atom. The van der Waals surface area contributed by atoms with Gasteiger partial charge in [-0.3, -0.25) is 4.79 Å². The van der Waals surface area contributed by atoms with Crippen LogP contribution in [0.1, 0.15) is 28.3 Å². The second-order valence-electron chi connectivity index (χ2n) is 5.20. The summed E-state index contributed by atoms with van der Waals surface area (Å²) in [6, 6.07) is 3.71. The van der Waals surface area contributed by atoms with Gasteiger partial charge in [0.15, 0.2) is 0 Å². The van der Waals surface area contributed by atoms with Crippen LogP contribution in [0, 0.1) is 6.57 Å². The van der Waals surface area contributed by atoms with E-state index in [1.807, 2.05) is 0 Å². The van der Waals surface area contributed by atoms with Crippen molar-refractivity contribution in [2.24, 2.45) is 0 Å². The molecule has 22 heavy (non-hydrogen) atoms. The SMILES string of the molecule is [C-]#[N+]C1=C(O)[C@H]2C[C@@H]1c1c(OC(F)F)cccc1C(=O)N2C. The van der Waals surface area contributed by atoms with Crippen LogP contribution < -0.4 is 4.74 Å². The lowest BCUT2D eigenvalue weighted by atomic mass is 9.91. The van der Waals surface area contributed by atoms with Crippen molar-refractivity contribution >= 4 is 5.91 Å². The fourth-order valence-corrected chi connectivity index (χ4v) is 3.15. The van der Waals surface area contributed by atoms with Gasteiger partial charge in [0.1, 0.15) is 11.5 Å². The number of carbonyl (C=O) groups excluding carboxylic acids is 1. The maximum absolute atomic E-state index is 12.6. The molecule has 114 valence electrons. The van der Waals surface area contributed by atoms with E-state index in [-0.39, 0.29) is 34.8 Å². The minimum Gasteiger partial charge on any atom is -0.521 e. The highest BCUT2D eigenvalue weighted by atomic mass is 19.3. The van der Waals surface area contributed by atoms with Crippen molar-refractivity contribution in [3.05, 3.63) is 52.2 Å². The largest absolute Gasteiger partial charge is 0.521 e. The number of carbonyl (C=O) groups is 1. The van der Waals surface area contributed by atoms with E-state index < -0.39 is 24.5 Å². The molecule has 1 aliphatic carbocycles. The van der Waals surface area contributed by atoms with E-state index in [0.29, 0.717) is 0 Å². The Kier molecular flexibility index (Phi) is 3.24. The number of aliphatic hydroxyl groups excluding tert-OH is 1. The standard InChI is InChI=1S/C15H12F2N2O3/c1-18-12-8-6-9(13(12)20)19(2)14(21)7-4-3-5-10(11(7)8)22-15(16)17/h3-5,8-9,15,20H,6H2,2H3/t8-,9-/m1/s1. The van der Waals surface area contributed by atoms with Crippen LogP contribution in [0.25, 0.3) is 4.85 Å². The molecule has 1 aliphatic heterocycles. The highest BCUT2D eigenvalue weighted by molar-refractivity contribution is 5.98. The Balaban J connectivity index is 2.25. The Morgan fingerprint density at radius 2 is 2.23 bits per heavy atom. The zero-order chi connectivity index (χ0) is 16.0. The third kappa shape index (κ3) is 1.91. The van der Waals surface area contributed by atoms with E-state index in [9.17, 15) is 18.7 Å². The van der Waals surface area contributed by atoms with E-state index in [4.69, 9.17) is 6.57 Å². The van der Waals surface area contributed by atoms with Gasteiger partial charge in [-0.1, -0.05) is 6.07 Å². The van der Waals surface area contributed by atoms with Crippen molar-refractivity contribution in [2.45, 2.75) is 25.0 Å². The van der Waals surface area contributed by atoms with Crippen molar-refractivity contribution in [3.8, 4) is 5.75 Å². The minimum atomic E-state index is -3.03. The summed E-state index contributed by atoms with van der Waals surface area (Å²) in [6.45, 7) is 4.20. The van der Waals surface area contributed by atoms with Gasteiger partial charge < -0.3 is 14.7 Å². The molecule has 7 heteroatoms. The summed E-state index contributed by atoms with van der Waals surface area (Å²) in [5.74, 6) is -1.32. The van der Waals surface area contributed by atoms with Crippen molar-refractivity contribution < 1.29 is 23.4 Å². The number of hydrogen-bond donors (Lipinski definition) is 1. The van der Waals surface area contributed by atoms with Crippen molar-refractivity contribution in [1.82, 2.24) is 4.90 Å². The maximum atomic E-state index is 12.6. The summed E-state index contributed by atoms with van der Waals surface area (Å²) in [7, 11) is 1.52. The summed E-state index contributed by atoms with van der Waals surface area (Å²) in [6.07, 6.45) is 0.280. The number of ether oxygens (including phenoxy) is 1. The second kappa shape index (κ2) is 4.98. The average molecular weight is 306 g/mol. The molecule has 2 bridgehead atoms. The number of alkyl halides is 2. The van der Waals surface area contributed by atoms with Crippen LogP contribution in [0.15, 0.2) is 29.7 Å². The molecule has 0 fully saturated rings. The van der Waals surface area contributed by atoms with E-state index in [1.54, 1.807) is 0 Å². The van der Waals surface area contributed by atoms with Gasteiger partial charge in [0.25, 0.3) is 5.91 Å². The van der Waals surface area contributed by atoms with Crippen LogP contribution in [0.2, 0.25) is 0 Å². The van der Waals surface area contributed by atoms with Crippen LogP contribution >= 0.6 is 0 Å². The van der Waals surface area contributed by atoms with Gasteiger partial charge in [-0.15, -0.1) is 0 Å². The third-order valence-corrected chi connectivity index (χ3v) is 4.14. The second-order valence-corrected chi connectivity index (χ2v) is 5.20. The normalized spacial score (nSPS) is 23.4. The Hall–Kier alpha value is -2.62. The number of nitrogens with zero attached hydrogens (tertiary/aromatic N) is 2. The molecule has 0 spiro atoms. The smallest absolute Gasteiger partial charge is 0.387 e. The van der Waals surface area contributed by atoms with E-state index in [0.717, 1.165) is 0 Å². The molecular formula is C15H12F2N2O3. The van der Waals surface area contributed by atoms with Gasteiger partial charge in [0.05, 0.1) is 12.6 Å². The number of halogens is 2. The van der Waals surface area contributed by atoms with Crippen molar-refractivity contribution in [3.63, 3.8) is 0 Å². The van der Waals surface area contributed by atoms with Crippen molar-refractivity contribution in [1.29, 1.82) is 0 Å². The molecule has 1 heterocycles. The highest BCUT2D eigenvalue weighted by Gasteiger charge is 2.45. The number of likely N-dealkylation sites (N-methyl/N-ethyl adjacent to an activating group) is 1. The third-order valence-electron chi connectivity index (χ3n) is 4.14. The number of aliphatic hydroxyl groups is 1. The van der Waals surface area contributed by atoms with Crippen LogP contribution in [-0.4, -0.2) is 35.6 Å². The molecule has 2 aliphatic rings. The van der Waals surface area contributed by atoms with E-state index in [1.165, 1.54) is 30.1 Å². The zero-order valence-corrected chi connectivity index (χ0v) is 11.6. The highest BCUT2D eigenvalue weighted by Crippen LogP contribution is 2.48. The molecule has 0 radical (unpaired) electrons. The van der Waals surface area contributed by atoms with E-state index in [2.05, 4.69) is 9.58 Å². The summed E-state index contributed by atoms with van der Waals surface area (Å²) in [5, 5.41) is 10.2. The Labute approximate surface area is 125 Å². The van der Waals surface area contributed by atoms with Crippen LogP contribution in [0.5, 0.6) is 5.75 Å². The first-order valence-electron chi connectivity index (χ1n) is 6.61. The van der Waals surface area contributed by atoms with Crippen LogP contribution in [-0.2, 0) is 0 Å². The first-order chi connectivity index (χ1) is 10.5. The monoisotopic (exact) mass is 306 g/mol. The lowest BCUT2D eigenvalue weighted by Crippen LogP contribution is -2.36.